The number of fused-ring (bicyclic) bond motifs is 9. The minimum absolute atomic E-state index is 0.865. The minimum Gasteiger partial charge on any atom is -0.456 e. The van der Waals surface area contributed by atoms with E-state index in [4.69, 9.17) is 4.42 Å². The predicted octanol–water partition coefficient (Wildman–Crippen LogP) is 15.0. The standard InChI is InChI=1S/C50H31NOS/c1-2-11-36-34(10-1)30-42(40-13-4-3-12-39(36)40)33-24-22-31(23-25-33)38-15-7-18-44-49(38)50-43(17-9-19-45(50)52-44)51-35-28-26-32(27-29-35)37-16-8-21-47-48(37)41-14-5-6-20-46(41)53-47/h1-30,51H. The molecule has 9 aromatic carbocycles. The highest BCUT2D eigenvalue weighted by Gasteiger charge is 2.17. The van der Waals surface area contributed by atoms with E-state index in [1.807, 2.05) is 11.3 Å². The van der Waals surface area contributed by atoms with Crippen molar-refractivity contribution in [3.05, 3.63) is 182 Å². The molecule has 0 aliphatic rings. The third kappa shape index (κ3) is 4.86. The van der Waals surface area contributed by atoms with Gasteiger partial charge in [-0.3, -0.25) is 0 Å². The summed E-state index contributed by atoms with van der Waals surface area (Å²) in [6.45, 7) is 0. The molecule has 0 saturated heterocycles. The van der Waals surface area contributed by atoms with Gasteiger partial charge in [0.25, 0.3) is 0 Å². The Labute approximate surface area is 310 Å². The summed E-state index contributed by atoms with van der Waals surface area (Å²) in [7, 11) is 0. The lowest BCUT2D eigenvalue weighted by molar-refractivity contribution is 0.669. The smallest absolute Gasteiger partial charge is 0.137 e. The molecule has 0 spiro atoms. The molecule has 11 aromatic rings. The minimum atomic E-state index is 0.865. The fraction of sp³-hybridized carbons (Fsp3) is 0. The van der Waals surface area contributed by atoms with Crippen LogP contribution in [0.5, 0.6) is 0 Å². The zero-order chi connectivity index (χ0) is 34.9. The second-order valence-electron chi connectivity index (χ2n) is 13.7. The molecule has 0 radical (unpaired) electrons. The molecule has 0 bridgehead atoms. The molecule has 11 rings (SSSR count). The lowest BCUT2D eigenvalue weighted by Gasteiger charge is -2.12. The highest BCUT2D eigenvalue weighted by molar-refractivity contribution is 7.25. The van der Waals surface area contributed by atoms with Crippen LogP contribution in [0.4, 0.5) is 11.4 Å². The summed E-state index contributed by atoms with van der Waals surface area (Å²) in [4.78, 5) is 0. The fourth-order valence-corrected chi connectivity index (χ4v) is 9.37. The van der Waals surface area contributed by atoms with Gasteiger partial charge in [-0.15, -0.1) is 11.3 Å². The summed E-state index contributed by atoms with van der Waals surface area (Å²) in [6.07, 6.45) is 0. The molecule has 0 saturated carbocycles. The maximum absolute atomic E-state index is 6.48. The van der Waals surface area contributed by atoms with Gasteiger partial charge in [-0.05, 0) is 103 Å². The van der Waals surface area contributed by atoms with E-state index in [0.717, 1.165) is 44.4 Å². The van der Waals surface area contributed by atoms with Gasteiger partial charge in [-0.2, -0.15) is 0 Å². The number of furan rings is 1. The normalized spacial score (nSPS) is 11.8. The van der Waals surface area contributed by atoms with Crippen molar-refractivity contribution in [2.75, 3.05) is 5.32 Å². The average Bonchev–Trinajstić information content (AvgIpc) is 3.80. The molecular weight excluding hydrogens is 663 g/mol. The van der Waals surface area contributed by atoms with Crippen molar-refractivity contribution in [2.24, 2.45) is 0 Å². The Morgan fingerprint density at radius 3 is 1.74 bits per heavy atom. The molecule has 0 aliphatic heterocycles. The SMILES string of the molecule is c1ccc2c(c1)cc(-c1ccc(-c3cccc4oc5cccc(Nc6ccc(-c7cccc8sc9ccccc9c78)cc6)c5c34)cc1)c1ccccc12. The fourth-order valence-electron chi connectivity index (χ4n) is 8.24. The third-order valence-corrected chi connectivity index (χ3v) is 11.8. The van der Waals surface area contributed by atoms with Crippen LogP contribution in [-0.2, 0) is 0 Å². The molecule has 1 N–H and O–H groups in total. The average molecular weight is 694 g/mol. The number of thiophene rings is 1. The molecular formula is C50H31NOS. The third-order valence-electron chi connectivity index (χ3n) is 10.7. The van der Waals surface area contributed by atoms with Gasteiger partial charge in [0.2, 0.25) is 0 Å². The van der Waals surface area contributed by atoms with Crippen molar-refractivity contribution in [1.82, 2.24) is 0 Å². The summed E-state index contributed by atoms with van der Waals surface area (Å²) in [5.74, 6) is 0. The van der Waals surface area contributed by atoms with E-state index in [1.54, 1.807) is 0 Å². The van der Waals surface area contributed by atoms with Crippen molar-refractivity contribution >= 4 is 86.4 Å². The summed E-state index contributed by atoms with van der Waals surface area (Å²) in [6, 6.07) is 65.5. The highest BCUT2D eigenvalue weighted by atomic mass is 32.1. The van der Waals surface area contributed by atoms with Crippen molar-refractivity contribution < 1.29 is 4.42 Å². The van der Waals surface area contributed by atoms with Crippen molar-refractivity contribution in [3.8, 4) is 33.4 Å². The van der Waals surface area contributed by atoms with Crippen molar-refractivity contribution in [3.63, 3.8) is 0 Å². The Bertz CT molecular complexity index is 3190. The van der Waals surface area contributed by atoms with Gasteiger partial charge in [0.05, 0.1) is 11.1 Å². The number of benzene rings is 9. The van der Waals surface area contributed by atoms with Crippen LogP contribution < -0.4 is 5.32 Å². The Balaban J connectivity index is 0.973. The van der Waals surface area contributed by atoms with Crippen LogP contribution >= 0.6 is 11.3 Å². The van der Waals surface area contributed by atoms with E-state index in [2.05, 4.69) is 187 Å². The van der Waals surface area contributed by atoms with Crippen LogP contribution in [0.3, 0.4) is 0 Å². The van der Waals surface area contributed by atoms with Crippen LogP contribution in [0.1, 0.15) is 0 Å². The lowest BCUT2D eigenvalue weighted by Crippen LogP contribution is -1.91. The largest absolute Gasteiger partial charge is 0.456 e. The molecule has 2 heterocycles. The van der Waals surface area contributed by atoms with Gasteiger partial charge in [0.1, 0.15) is 11.2 Å². The van der Waals surface area contributed by atoms with Crippen LogP contribution in [0.15, 0.2) is 186 Å². The highest BCUT2D eigenvalue weighted by Crippen LogP contribution is 2.43. The van der Waals surface area contributed by atoms with E-state index in [0.29, 0.717) is 0 Å². The van der Waals surface area contributed by atoms with Gasteiger partial charge >= 0.3 is 0 Å². The van der Waals surface area contributed by atoms with E-state index in [-0.39, 0.29) is 0 Å². The summed E-state index contributed by atoms with van der Waals surface area (Å²) in [5, 5.41) is 13.7. The Hall–Kier alpha value is -6.68. The summed E-state index contributed by atoms with van der Waals surface area (Å²) in [5.41, 5.74) is 11.0. The van der Waals surface area contributed by atoms with Crippen LogP contribution in [0.25, 0.3) is 97.0 Å². The van der Waals surface area contributed by atoms with Crippen molar-refractivity contribution in [2.45, 2.75) is 0 Å². The first-order chi connectivity index (χ1) is 26.3. The van der Waals surface area contributed by atoms with Gasteiger partial charge in [-0.25, -0.2) is 0 Å². The molecule has 2 nitrogen and oxygen atoms in total. The molecule has 0 aliphatic carbocycles. The number of rotatable bonds is 5. The zero-order valence-electron chi connectivity index (χ0n) is 28.6. The summed E-state index contributed by atoms with van der Waals surface area (Å²) >= 11 is 1.86. The maximum atomic E-state index is 6.48. The van der Waals surface area contributed by atoms with Gasteiger partial charge in [0.15, 0.2) is 0 Å². The molecule has 0 atom stereocenters. The Kier molecular flexibility index (Phi) is 6.76. The molecule has 0 amide bonds. The van der Waals surface area contributed by atoms with Gasteiger partial charge in [-0.1, -0.05) is 133 Å². The number of hydrogen-bond acceptors (Lipinski definition) is 3. The van der Waals surface area contributed by atoms with Crippen LogP contribution in [0.2, 0.25) is 0 Å². The number of nitrogens with one attached hydrogen (secondary N) is 1. The van der Waals surface area contributed by atoms with Gasteiger partial charge < -0.3 is 9.73 Å². The van der Waals surface area contributed by atoms with Gasteiger partial charge in [0, 0.05) is 31.2 Å². The Morgan fingerprint density at radius 1 is 0.377 bits per heavy atom. The van der Waals surface area contributed by atoms with Crippen LogP contribution in [0, 0.1) is 0 Å². The van der Waals surface area contributed by atoms with E-state index < -0.39 is 0 Å². The zero-order valence-corrected chi connectivity index (χ0v) is 29.5. The molecule has 248 valence electrons. The van der Waals surface area contributed by atoms with E-state index in [9.17, 15) is 0 Å². The predicted molar refractivity (Wildman–Crippen MR) is 228 cm³/mol. The molecule has 2 aromatic heterocycles. The Morgan fingerprint density at radius 2 is 0.943 bits per heavy atom. The van der Waals surface area contributed by atoms with E-state index in [1.165, 1.54) is 64.0 Å². The molecule has 0 fully saturated rings. The lowest BCUT2D eigenvalue weighted by atomic mass is 9.92. The van der Waals surface area contributed by atoms with Crippen LogP contribution in [-0.4, -0.2) is 0 Å². The number of anilines is 2. The molecule has 0 unspecified atom stereocenters. The first-order valence-corrected chi connectivity index (χ1v) is 18.8. The summed E-state index contributed by atoms with van der Waals surface area (Å²) < 4.78 is 9.12. The van der Waals surface area contributed by atoms with Crippen molar-refractivity contribution in [1.29, 1.82) is 0 Å². The second-order valence-corrected chi connectivity index (χ2v) is 14.8. The number of hydrogen-bond donors (Lipinski definition) is 1. The quantitative estimate of drug-likeness (QED) is 0.182. The monoisotopic (exact) mass is 693 g/mol. The van der Waals surface area contributed by atoms with E-state index >= 15 is 0 Å². The maximum Gasteiger partial charge on any atom is 0.137 e. The first kappa shape index (κ1) is 30.0. The first-order valence-electron chi connectivity index (χ1n) is 18.0. The second kappa shape index (κ2) is 11.9. The molecule has 3 heteroatoms. The topological polar surface area (TPSA) is 25.2 Å². The molecule has 53 heavy (non-hydrogen) atoms.